The summed E-state index contributed by atoms with van der Waals surface area (Å²) in [7, 11) is 0. The summed E-state index contributed by atoms with van der Waals surface area (Å²) < 4.78 is 44.6. The van der Waals surface area contributed by atoms with Crippen LogP contribution in [0.1, 0.15) is 22.7 Å². The minimum Gasteiger partial charge on any atom is -0.348 e. The fourth-order valence-corrected chi connectivity index (χ4v) is 2.50. The van der Waals surface area contributed by atoms with Crippen LogP contribution in [0.4, 0.5) is 13.2 Å². The number of halogens is 4. The molecule has 1 aromatic heterocycles. The van der Waals surface area contributed by atoms with E-state index in [9.17, 15) is 18.0 Å². The van der Waals surface area contributed by atoms with E-state index in [1.807, 2.05) is 0 Å². The van der Waals surface area contributed by atoms with E-state index in [1.54, 1.807) is 0 Å². The molecular formula is C14H12BrF3N4O2. The van der Waals surface area contributed by atoms with Crippen molar-refractivity contribution < 1.29 is 22.5 Å². The molecule has 2 aromatic rings. The normalized spacial score (nSPS) is 17.9. The minimum absolute atomic E-state index is 0.0440. The van der Waals surface area contributed by atoms with Crippen LogP contribution in [0.2, 0.25) is 0 Å². The predicted molar refractivity (Wildman–Crippen MR) is 81.3 cm³/mol. The Hall–Kier alpha value is -1.94. The van der Waals surface area contributed by atoms with Crippen LogP contribution in [0.15, 0.2) is 22.7 Å². The lowest BCUT2D eigenvalue weighted by atomic mass is 10.1. The van der Waals surface area contributed by atoms with E-state index < -0.39 is 22.4 Å². The van der Waals surface area contributed by atoms with Crippen LogP contribution < -0.4 is 10.6 Å². The van der Waals surface area contributed by atoms with Gasteiger partial charge >= 0.3 is 10.7 Å². The highest BCUT2D eigenvalue weighted by molar-refractivity contribution is 9.09. The second-order valence-corrected chi connectivity index (χ2v) is 6.27. The number of carbonyl (C=O) groups is 1. The zero-order valence-corrected chi connectivity index (χ0v) is 13.7. The maximum absolute atomic E-state index is 14.2. The molecule has 1 amide bonds. The number of amides is 1. The number of alkyl halides is 3. The highest BCUT2D eigenvalue weighted by Gasteiger charge is 2.35. The van der Waals surface area contributed by atoms with Crippen molar-refractivity contribution in [1.29, 1.82) is 0 Å². The average Bonchev–Trinajstić information content (AvgIpc) is 3.17. The lowest BCUT2D eigenvalue weighted by molar-refractivity contribution is 0.0725. The van der Waals surface area contributed by atoms with Gasteiger partial charge in [0.15, 0.2) is 0 Å². The predicted octanol–water partition coefficient (Wildman–Crippen LogP) is 2.41. The summed E-state index contributed by atoms with van der Waals surface area (Å²) in [5.41, 5.74) is -0.0153. The molecule has 2 heterocycles. The van der Waals surface area contributed by atoms with E-state index in [1.165, 1.54) is 12.1 Å². The van der Waals surface area contributed by atoms with E-state index in [-0.39, 0.29) is 23.0 Å². The molecule has 0 radical (unpaired) electrons. The topological polar surface area (TPSA) is 80.0 Å². The lowest BCUT2D eigenvalue weighted by Crippen LogP contribution is -2.36. The van der Waals surface area contributed by atoms with Crippen molar-refractivity contribution in [2.45, 2.75) is 17.3 Å². The first-order valence-electron chi connectivity index (χ1n) is 7.07. The van der Waals surface area contributed by atoms with Crippen LogP contribution in [0.3, 0.4) is 0 Å². The minimum atomic E-state index is -3.47. The Kier molecular flexibility index (Phi) is 4.59. The molecule has 2 N–H and O–H groups in total. The maximum atomic E-state index is 14.2. The molecule has 1 aliphatic rings. The molecule has 0 spiro atoms. The number of aromatic nitrogens is 2. The van der Waals surface area contributed by atoms with Gasteiger partial charge in [0.25, 0.3) is 5.91 Å². The van der Waals surface area contributed by atoms with Crippen LogP contribution in [0.5, 0.6) is 0 Å². The number of rotatable bonds is 4. The Balaban J connectivity index is 1.79. The monoisotopic (exact) mass is 404 g/mol. The number of hydrogen-bond donors (Lipinski definition) is 2. The summed E-state index contributed by atoms with van der Waals surface area (Å²) in [6.07, 6.45) is 0.776. The first-order chi connectivity index (χ1) is 11.3. The third kappa shape index (κ3) is 3.59. The Labute approximate surface area is 142 Å². The number of benzene rings is 1. The fourth-order valence-electron chi connectivity index (χ4n) is 2.34. The Morgan fingerprint density at radius 3 is 2.83 bits per heavy atom. The van der Waals surface area contributed by atoms with Crippen molar-refractivity contribution in [3.05, 3.63) is 35.5 Å². The smallest absolute Gasteiger partial charge is 0.348 e. The van der Waals surface area contributed by atoms with Crippen molar-refractivity contribution in [3.8, 4) is 11.4 Å². The SMILES string of the molecule is O=C(NC1CCNC1)c1ccc(-c2noc(C(F)(F)Br)n2)cc1F. The standard InChI is InChI=1S/C14H12BrF3N4O2/c15-14(17,18)13-21-11(22-24-13)7-1-2-9(10(16)5-7)12(23)20-8-3-4-19-6-8/h1-2,5,8,19H,3-4,6H2,(H,20,23). The van der Waals surface area contributed by atoms with Crippen molar-refractivity contribution in [3.63, 3.8) is 0 Å². The average molecular weight is 405 g/mol. The molecule has 0 saturated carbocycles. The Morgan fingerprint density at radius 1 is 1.46 bits per heavy atom. The number of nitrogens with zero attached hydrogens (tertiary/aromatic N) is 2. The molecule has 6 nitrogen and oxygen atoms in total. The first kappa shape index (κ1) is 16.9. The molecule has 128 valence electrons. The van der Waals surface area contributed by atoms with Gasteiger partial charge in [-0.1, -0.05) is 11.2 Å². The number of hydrogen-bond acceptors (Lipinski definition) is 5. The number of nitrogens with one attached hydrogen (secondary N) is 2. The molecule has 1 fully saturated rings. The van der Waals surface area contributed by atoms with Gasteiger partial charge in [-0.25, -0.2) is 4.39 Å². The van der Waals surface area contributed by atoms with Gasteiger partial charge in [-0.05, 0) is 25.1 Å². The van der Waals surface area contributed by atoms with Crippen LogP contribution in [-0.4, -0.2) is 35.2 Å². The molecule has 10 heteroatoms. The van der Waals surface area contributed by atoms with E-state index in [4.69, 9.17) is 0 Å². The molecule has 1 saturated heterocycles. The van der Waals surface area contributed by atoms with Crippen LogP contribution >= 0.6 is 15.9 Å². The fraction of sp³-hybridized carbons (Fsp3) is 0.357. The molecule has 24 heavy (non-hydrogen) atoms. The van der Waals surface area contributed by atoms with Gasteiger partial charge in [-0.15, -0.1) is 0 Å². The molecule has 1 aromatic carbocycles. The van der Waals surface area contributed by atoms with Crippen LogP contribution in [0, 0.1) is 5.82 Å². The summed E-state index contributed by atoms with van der Waals surface area (Å²) in [6, 6.07) is 3.58. The second kappa shape index (κ2) is 6.52. The quantitative estimate of drug-likeness (QED) is 0.764. The zero-order valence-electron chi connectivity index (χ0n) is 12.2. The summed E-state index contributed by atoms with van der Waals surface area (Å²) in [4.78, 5) is 12.1. The van der Waals surface area contributed by atoms with Gasteiger partial charge < -0.3 is 15.2 Å². The Bertz CT molecular complexity index is 757. The maximum Gasteiger partial charge on any atom is 0.378 e. The van der Waals surface area contributed by atoms with Gasteiger partial charge in [0.2, 0.25) is 5.82 Å². The highest BCUT2D eigenvalue weighted by atomic mass is 79.9. The molecule has 1 aliphatic heterocycles. The van der Waals surface area contributed by atoms with E-state index in [0.717, 1.165) is 19.0 Å². The third-order valence-corrected chi connectivity index (χ3v) is 3.88. The van der Waals surface area contributed by atoms with Crippen molar-refractivity contribution in [2.75, 3.05) is 13.1 Å². The highest BCUT2D eigenvalue weighted by Crippen LogP contribution is 2.34. The third-order valence-electron chi connectivity index (χ3n) is 3.54. The van der Waals surface area contributed by atoms with E-state index in [2.05, 4.69) is 41.2 Å². The summed E-state index contributed by atoms with van der Waals surface area (Å²) in [5.74, 6) is -2.47. The zero-order chi connectivity index (χ0) is 17.3. The molecular weight excluding hydrogens is 393 g/mol. The van der Waals surface area contributed by atoms with Gasteiger partial charge in [-0.2, -0.15) is 13.8 Å². The Morgan fingerprint density at radius 2 is 2.25 bits per heavy atom. The largest absolute Gasteiger partial charge is 0.378 e. The van der Waals surface area contributed by atoms with Crippen LogP contribution in [-0.2, 0) is 4.83 Å². The summed E-state index contributed by atoms with van der Waals surface area (Å²) >= 11 is 2.10. The lowest BCUT2D eigenvalue weighted by Gasteiger charge is -2.11. The molecule has 1 unspecified atom stereocenters. The molecule has 0 bridgehead atoms. The van der Waals surface area contributed by atoms with Gasteiger partial charge in [0.1, 0.15) is 5.82 Å². The molecule has 0 aliphatic carbocycles. The van der Waals surface area contributed by atoms with Gasteiger partial charge in [0.05, 0.1) is 5.56 Å². The second-order valence-electron chi connectivity index (χ2n) is 5.28. The van der Waals surface area contributed by atoms with Gasteiger partial charge in [-0.3, -0.25) is 4.79 Å². The van der Waals surface area contributed by atoms with Crippen molar-refractivity contribution in [2.24, 2.45) is 0 Å². The summed E-state index contributed by atoms with van der Waals surface area (Å²) in [5, 5.41) is 9.19. The van der Waals surface area contributed by atoms with E-state index >= 15 is 0 Å². The first-order valence-corrected chi connectivity index (χ1v) is 7.86. The van der Waals surface area contributed by atoms with Crippen molar-refractivity contribution in [1.82, 2.24) is 20.8 Å². The summed E-state index contributed by atoms with van der Waals surface area (Å²) in [6.45, 7) is 1.43. The van der Waals surface area contributed by atoms with Gasteiger partial charge in [0, 0.05) is 34.1 Å². The number of carbonyl (C=O) groups excluding carboxylic acids is 1. The molecule has 1 atom stereocenters. The molecule has 3 rings (SSSR count). The van der Waals surface area contributed by atoms with E-state index in [0.29, 0.717) is 6.54 Å². The van der Waals surface area contributed by atoms with Crippen molar-refractivity contribution >= 4 is 21.8 Å². The van der Waals surface area contributed by atoms with Crippen LogP contribution in [0.25, 0.3) is 11.4 Å².